The molecular formula is C17H16N2O2. The third kappa shape index (κ3) is 2.40. The van der Waals surface area contributed by atoms with E-state index in [1.807, 2.05) is 18.2 Å². The van der Waals surface area contributed by atoms with Crippen LogP contribution >= 0.6 is 0 Å². The van der Waals surface area contributed by atoms with Gasteiger partial charge in [0, 0.05) is 19.0 Å². The topological polar surface area (TPSA) is 49.4 Å². The number of carbonyl (C=O) groups excluding carboxylic acids is 2. The summed E-state index contributed by atoms with van der Waals surface area (Å²) in [6, 6.07) is 14.6. The lowest BCUT2D eigenvalue weighted by Crippen LogP contribution is -2.35. The van der Waals surface area contributed by atoms with Crippen molar-refractivity contribution >= 4 is 23.2 Å². The van der Waals surface area contributed by atoms with Crippen LogP contribution in [0.3, 0.4) is 0 Å². The highest BCUT2D eigenvalue weighted by Gasteiger charge is 2.26. The van der Waals surface area contributed by atoms with Gasteiger partial charge in [0.1, 0.15) is 0 Å². The lowest BCUT2D eigenvalue weighted by atomic mass is 10.1. The molecule has 0 aliphatic carbocycles. The first kappa shape index (κ1) is 13.4. The third-order valence-electron chi connectivity index (χ3n) is 3.60. The van der Waals surface area contributed by atoms with Gasteiger partial charge in [-0.3, -0.25) is 9.59 Å². The van der Waals surface area contributed by atoms with Gasteiger partial charge in [0.05, 0.1) is 11.4 Å². The monoisotopic (exact) mass is 280 g/mol. The van der Waals surface area contributed by atoms with Crippen molar-refractivity contribution in [1.29, 1.82) is 0 Å². The number of benzene rings is 2. The number of carbonyl (C=O) groups is 2. The summed E-state index contributed by atoms with van der Waals surface area (Å²) in [5.41, 5.74) is 3.16. The second-order valence-electron chi connectivity index (χ2n) is 5.01. The predicted octanol–water partition coefficient (Wildman–Crippen LogP) is 2.85. The second kappa shape index (κ2) is 5.40. The predicted molar refractivity (Wildman–Crippen MR) is 82.6 cm³/mol. The zero-order chi connectivity index (χ0) is 14.8. The van der Waals surface area contributed by atoms with Gasteiger partial charge in [-0.15, -0.1) is 0 Å². The molecule has 0 aromatic heterocycles. The van der Waals surface area contributed by atoms with Crippen LogP contribution in [0.2, 0.25) is 0 Å². The Bertz CT molecular complexity index is 695. The Hall–Kier alpha value is -2.62. The molecule has 0 spiro atoms. The van der Waals surface area contributed by atoms with E-state index in [9.17, 15) is 9.59 Å². The van der Waals surface area contributed by atoms with Gasteiger partial charge in [-0.25, -0.2) is 4.90 Å². The van der Waals surface area contributed by atoms with Crippen LogP contribution in [0.15, 0.2) is 48.5 Å². The van der Waals surface area contributed by atoms with E-state index in [4.69, 9.17) is 0 Å². The maximum atomic E-state index is 12.7. The van der Waals surface area contributed by atoms with Crippen molar-refractivity contribution < 1.29 is 9.59 Å². The van der Waals surface area contributed by atoms with E-state index in [1.54, 1.807) is 30.3 Å². The van der Waals surface area contributed by atoms with Crippen molar-refractivity contribution in [3.63, 3.8) is 0 Å². The van der Waals surface area contributed by atoms with Crippen LogP contribution in [0.5, 0.6) is 0 Å². The molecular weight excluding hydrogens is 264 g/mol. The number of rotatable bonds is 2. The Labute approximate surface area is 123 Å². The molecule has 1 heterocycles. The Morgan fingerprint density at radius 2 is 1.81 bits per heavy atom. The Kier molecular flexibility index (Phi) is 3.44. The number of hydrogen-bond acceptors (Lipinski definition) is 3. The van der Waals surface area contributed by atoms with Crippen molar-refractivity contribution in [2.24, 2.45) is 0 Å². The van der Waals surface area contributed by atoms with Crippen LogP contribution in [0.4, 0.5) is 11.4 Å². The molecule has 1 aliphatic rings. The van der Waals surface area contributed by atoms with Crippen molar-refractivity contribution in [3.05, 3.63) is 59.7 Å². The average Bonchev–Trinajstić information content (AvgIpc) is 2.97. The van der Waals surface area contributed by atoms with Crippen LogP contribution in [0.1, 0.15) is 22.8 Å². The highest BCUT2D eigenvalue weighted by atomic mass is 16.2. The number of fused-ring (bicyclic) bond motifs is 1. The minimum absolute atomic E-state index is 0.286. The van der Waals surface area contributed by atoms with Crippen molar-refractivity contribution in [1.82, 2.24) is 0 Å². The van der Waals surface area contributed by atoms with Crippen molar-refractivity contribution in [3.8, 4) is 0 Å². The van der Waals surface area contributed by atoms with Crippen molar-refractivity contribution in [2.75, 3.05) is 16.8 Å². The summed E-state index contributed by atoms with van der Waals surface area (Å²) < 4.78 is 0. The molecule has 106 valence electrons. The lowest BCUT2D eigenvalue weighted by molar-refractivity contribution is -0.115. The highest BCUT2D eigenvalue weighted by molar-refractivity contribution is 6.22. The number of amides is 2. The molecule has 2 aromatic rings. The maximum Gasteiger partial charge on any atom is 0.265 e. The normalized spacial score (nSPS) is 12.4. The van der Waals surface area contributed by atoms with E-state index in [1.165, 1.54) is 11.8 Å². The molecule has 0 radical (unpaired) electrons. The summed E-state index contributed by atoms with van der Waals surface area (Å²) in [7, 11) is 0. The Morgan fingerprint density at radius 3 is 2.52 bits per heavy atom. The Morgan fingerprint density at radius 1 is 1.05 bits per heavy atom. The molecule has 4 nitrogen and oxygen atoms in total. The molecule has 1 N–H and O–H groups in total. The number of para-hydroxylation sites is 1. The van der Waals surface area contributed by atoms with Gasteiger partial charge >= 0.3 is 0 Å². The summed E-state index contributed by atoms with van der Waals surface area (Å²) in [6.07, 6.45) is 0.911. The van der Waals surface area contributed by atoms with Gasteiger partial charge < -0.3 is 5.32 Å². The van der Waals surface area contributed by atoms with Gasteiger partial charge in [0.15, 0.2) is 0 Å². The Balaban J connectivity index is 2.06. The minimum Gasteiger partial charge on any atom is -0.383 e. The molecule has 1 aliphatic heterocycles. The van der Waals surface area contributed by atoms with Crippen LogP contribution < -0.4 is 10.2 Å². The van der Waals surface area contributed by atoms with E-state index in [0.29, 0.717) is 11.3 Å². The number of hydrogen-bond donors (Lipinski definition) is 1. The standard InChI is InChI=1S/C17H16N2O2/c1-12(20)19(17(21)14-6-3-2-4-7-14)15-9-5-8-13-10-11-18-16(13)15/h2-9,18H,10-11H2,1H3. The highest BCUT2D eigenvalue weighted by Crippen LogP contribution is 2.34. The van der Waals surface area contributed by atoms with E-state index in [2.05, 4.69) is 5.32 Å². The summed E-state index contributed by atoms with van der Waals surface area (Å²) in [5, 5.41) is 3.26. The van der Waals surface area contributed by atoms with Crippen molar-refractivity contribution in [2.45, 2.75) is 13.3 Å². The van der Waals surface area contributed by atoms with Gasteiger partial charge in [-0.1, -0.05) is 30.3 Å². The van der Waals surface area contributed by atoms with Gasteiger partial charge in [-0.05, 0) is 30.2 Å². The molecule has 0 fully saturated rings. The third-order valence-corrected chi connectivity index (χ3v) is 3.60. The molecule has 2 aromatic carbocycles. The summed E-state index contributed by atoms with van der Waals surface area (Å²) in [5.74, 6) is -0.587. The molecule has 0 saturated heterocycles. The molecule has 0 atom stereocenters. The zero-order valence-corrected chi connectivity index (χ0v) is 11.8. The van der Waals surface area contributed by atoms with Crippen LogP contribution in [-0.4, -0.2) is 18.4 Å². The molecule has 3 rings (SSSR count). The lowest BCUT2D eigenvalue weighted by Gasteiger charge is -2.22. The fraction of sp³-hybridized carbons (Fsp3) is 0.176. The van der Waals surface area contributed by atoms with Gasteiger partial charge in [0.25, 0.3) is 5.91 Å². The first-order valence-electron chi connectivity index (χ1n) is 6.94. The fourth-order valence-electron chi connectivity index (χ4n) is 2.64. The molecule has 21 heavy (non-hydrogen) atoms. The summed E-state index contributed by atoms with van der Waals surface area (Å²) in [4.78, 5) is 25.9. The summed E-state index contributed by atoms with van der Waals surface area (Å²) in [6.45, 7) is 2.24. The largest absolute Gasteiger partial charge is 0.383 e. The van der Waals surface area contributed by atoms with Crippen LogP contribution in [0.25, 0.3) is 0 Å². The second-order valence-corrected chi connectivity index (χ2v) is 5.01. The first-order valence-corrected chi connectivity index (χ1v) is 6.94. The maximum absolute atomic E-state index is 12.7. The SMILES string of the molecule is CC(=O)N(C(=O)c1ccccc1)c1cccc2c1NCC2. The molecule has 4 heteroatoms. The molecule has 2 amide bonds. The average molecular weight is 280 g/mol. The number of imide groups is 1. The molecule has 0 unspecified atom stereocenters. The molecule has 0 bridgehead atoms. The number of nitrogens with zero attached hydrogens (tertiary/aromatic N) is 1. The van der Waals surface area contributed by atoms with Crippen LogP contribution in [0, 0.1) is 0 Å². The number of nitrogens with one attached hydrogen (secondary N) is 1. The molecule has 0 saturated carbocycles. The van der Waals surface area contributed by atoms with Gasteiger partial charge in [-0.2, -0.15) is 0 Å². The van der Waals surface area contributed by atoms with E-state index >= 15 is 0 Å². The zero-order valence-electron chi connectivity index (χ0n) is 11.8. The number of anilines is 2. The van der Waals surface area contributed by atoms with E-state index < -0.39 is 0 Å². The van der Waals surface area contributed by atoms with E-state index in [-0.39, 0.29) is 11.8 Å². The quantitative estimate of drug-likeness (QED) is 0.920. The van der Waals surface area contributed by atoms with Crippen LogP contribution in [-0.2, 0) is 11.2 Å². The van der Waals surface area contributed by atoms with E-state index in [0.717, 1.165) is 24.2 Å². The summed E-state index contributed by atoms with van der Waals surface area (Å²) >= 11 is 0. The fourth-order valence-corrected chi connectivity index (χ4v) is 2.64. The smallest absolute Gasteiger partial charge is 0.265 e. The van der Waals surface area contributed by atoms with Gasteiger partial charge in [0.2, 0.25) is 5.91 Å². The minimum atomic E-state index is -0.301. The first-order chi connectivity index (χ1) is 10.2.